The van der Waals surface area contributed by atoms with E-state index in [4.69, 9.17) is 9.26 Å². The van der Waals surface area contributed by atoms with Crippen LogP contribution in [0.5, 0.6) is 0 Å². The van der Waals surface area contributed by atoms with Gasteiger partial charge in [0.05, 0.1) is 17.6 Å². The minimum atomic E-state index is -4.34. The molecule has 1 aliphatic rings. The molecule has 0 aliphatic carbocycles. The van der Waals surface area contributed by atoms with Gasteiger partial charge in [0, 0.05) is 31.7 Å². The monoisotopic (exact) mass is 600 g/mol. The van der Waals surface area contributed by atoms with Crippen molar-refractivity contribution >= 4 is 36.9 Å². The number of aromatic nitrogens is 1. The largest absolute Gasteiger partial charge is 0.417 e. The molecule has 2 heterocycles. The van der Waals surface area contributed by atoms with Gasteiger partial charge in [-0.2, -0.15) is 0 Å². The molecule has 218 valence electrons. The number of thiazole rings is 1. The number of rotatable bonds is 11. The maximum Gasteiger partial charge on any atom is 0.417 e. The summed E-state index contributed by atoms with van der Waals surface area (Å²) in [6.07, 6.45) is -0.390. The summed E-state index contributed by atoms with van der Waals surface area (Å²) in [6.45, 7) is 3.65. The molecule has 13 heteroatoms. The number of hydrogen-bond donors (Lipinski definition) is 3. The van der Waals surface area contributed by atoms with Crippen LogP contribution in [0.4, 0.5) is 4.79 Å². The Morgan fingerprint density at radius 2 is 1.71 bits per heavy atom. The molecule has 3 N–H and O–H groups in total. The first kappa shape index (κ1) is 30.5. The average molecular weight is 601 g/mol. The molecule has 41 heavy (non-hydrogen) atoms. The van der Waals surface area contributed by atoms with E-state index in [-0.39, 0.29) is 12.3 Å². The van der Waals surface area contributed by atoms with Gasteiger partial charge in [-0.3, -0.25) is 9.36 Å². The molecule has 3 aromatic rings. The van der Waals surface area contributed by atoms with E-state index in [1.165, 1.54) is 16.2 Å². The smallest absolute Gasteiger partial charge is 0.375 e. The standard InChI is InChI=1S/C28H33N4O7PS/c1-2-3-18-38-40(36,37)19-22(27(34)39-28(35)32-16-14-29-15-17-32)30-25(33)23-24(20-10-6-4-7-11-20)41-26(31-23)21-12-8-5-9-13-21/h4-13,22,29H,2-3,14-19H2,1H3,(H,30,33)(H,36,37). The van der Waals surface area contributed by atoms with Gasteiger partial charge in [0.2, 0.25) is 0 Å². The molecule has 0 radical (unpaired) electrons. The van der Waals surface area contributed by atoms with Crippen molar-refractivity contribution in [3.05, 3.63) is 66.4 Å². The second-order valence-electron chi connectivity index (χ2n) is 9.39. The molecule has 0 bridgehead atoms. The number of nitrogens with zero attached hydrogens (tertiary/aromatic N) is 2. The highest BCUT2D eigenvalue weighted by Crippen LogP contribution is 2.43. The van der Waals surface area contributed by atoms with E-state index in [1.54, 1.807) is 0 Å². The lowest BCUT2D eigenvalue weighted by atomic mass is 10.1. The molecular formula is C28H33N4O7PS. The zero-order valence-corrected chi connectivity index (χ0v) is 24.4. The van der Waals surface area contributed by atoms with Crippen LogP contribution in [0.15, 0.2) is 60.7 Å². The van der Waals surface area contributed by atoms with Gasteiger partial charge < -0.3 is 29.7 Å². The highest BCUT2D eigenvalue weighted by atomic mass is 32.1. The van der Waals surface area contributed by atoms with Gasteiger partial charge in [0.25, 0.3) is 5.91 Å². The zero-order valence-electron chi connectivity index (χ0n) is 22.7. The Morgan fingerprint density at radius 3 is 2.34 bits per heavy atom. The molecule has 0 saturated carbocycles. The fraction of sp³-hybridized carbons (Fsp3) is 0.357. The molecule has 1 aliphatic heterocycles. The fourth-order valence-electron chi connectivity index (χ4n) is 4.07. The number of unbranched alkanes of at least 4 members (excludes halogenated alkanes) is 1. The lowest BCUT2D eigenvalue weighted by Gasteiger charge is -2.27. The highest BCUT2D eigenvalue weighted by molar-refractivity contribution is 7.52. The van der Waals surface area contributed by atoms with Crippen LogP contribution >= 0.6 is 18.9 Å². The number of ether oxygens (including phenoxy) is 1. The SMILES string of the molecule is CCCCOP(=O)(O)CC(NC(=O)c1nc(-c2ccccc2)sc1-c1ccccc1)C(=O)OC(=O)N1CCNCC1. The van der Waals surface area contributed by atoms with Crippen molar-refractivity contribution in [1.29, 1.82) is 0 Å². The molecule has 1 fully saturated rings. The molecule has 2 atom stereocenters. The molecule has 2 aromatic carbocycles. The van der Waals surface area contributed by atoms with Crippen molar-refractivity contribution in [2.75, 3.05) is 38.9 Å². The number of carbonyl (C=O) groups excluding carboxylic acids is 3. The molecule has 1 aromatic heterocycles. The summed E-state index contributed by atoms with van der Waals surface area (Å²) in [5.74, 6) is -1.91. The van der Waals surface area contributed by atoms with E-state index in [9.17, 15) is 23.8 Å². The molecule has 4 rings (SSSR count). The summed E-state index contributed by atoms with van der Waals surface area (Å²) in [5, 5.41) is 6.17. The molecule has 2 unspecified atom stereocenters. The maximum absolute atomic E-state index is 13.6. The quantitative estimate of drug-likeness (QED) is 0.128. The van der Waals surface area contributed by atoms with Crippen molar-refractivity contribution in [2.24, 2.45) is 0 Å². The van der Waals surface area contributed by atoms with Gasteiger partial charge in [0.15, 0.2) is 0 Å². The third kappa shape index (κ3) is 8.54. The Hall–Kier alpha value is -3.41. The van der Waals surface area contributed by atoms with Crippen LogP contribution in [0, 0.1) is 0 Å². The normalized spacial score (nSPS) is 15.5. The maximum atomic E-state index is 13.6. The molecular weight excluding hydrogens is 567 g/mol. The number of amides is 2. The topological polar surface area (TPSA) is 147 Å². The zero-order chi connectivity index (χ0) is 29.2. The molecule has 1 saturated heterocycles. The summed E-state index contributed by atoms with van der Waals surface area (Å²) in [6, 6.07) is 16.9. The molecule has 2 amide bonds. The highest BCUT2D eigenvalue weighted by Gasteiger charge is 2.36. The van der Waals surface area contributed by atoms with Crippen molar-refractivity contribution in [2.45, 2.75) is 25.8 Å². The van der Waals surface area contributed by atoms with Gasteiger partial charge in [0.1, 0.15) is 16.7 Å². The van der Waals surface area contributed by atoms with E-state index >= 15 is 0 Å². The summed E-state index contributed by atoms with van der Waals surface area (Å²) < 4.78 is 23.0. The van der Waals surface area contributed by atoms with Crippen LogP contribution in [0.1, 0.15) is 30.3 Å². The summed E-state index contributed by atoms with van der Waals surface area (Å²) in [5.41, 5.74) is 1.57. The van der Waals surface area contributed by atoms with Gasteiger partial charge in [-0.05, 0) is 12.0 Å². The second-order valence-corrected chi connectivity index (χ2v) is 12.3. The van der Waals surface area contributed by atoms with Crippen LogP contribution in [0.25, 0.3) is 21.0 Å². The number of esters is 1. The third-order valence-electron chi connectivity index (χ3n) is 6.26. The first-order valence-corrected chi connectivity index (χ1v) is 16.0. The van der Waals surface area contributed by atoms with Gasteiger partial charge >= 0.3 is 19.7 Å². The van der Waals surface area contributed by atoms with E-state index in [1.807, 2.05) is 67.6 Å². The van der Waals surface area contributed by atoms with Crippen molar-refractivity contribution in [3.63, 3.8) is 0 Å². The van der Waals surface area contributed by atoms with E-state index in [0.717, 1.165) is 17.5 Å². The Morgan fingerprint density at radius 1 is 1.07 bits per heavy atom. The van der Waals surface area contributed by atoms with Crippen molar-refractivity contribution in [1.82, 2.24) is 20.5 Å². The predicted molar refractivity (Wildman–Crippen MR) is 156 cm³/mol. The summed E-state index contributed by atoms with van der Waals surface area (Å²) >= 11 is 1.30. The van der Waals surface area contributed by atoms with Gasteiger partial charge in [-0.1, -0.05) is 74.0 Å². The minimum Gasteiger partial charge on any atom is -0.375 e. The second kappa shape index (κ2) is 14.5. The van der Waals surface area contributed by atoms with Crippen LogP contribution in [0.3, 0.4) is 0 Å². The van der Waals surface area contributed by atoms with Crippen LogP contribution in [-0.4, -0.2) is 77.7 Å². The lowest BCUT2D eigenvalue weighted by molar-refractivity contribution is -0.140. The van der Waals surface area contributed by atoms with Gasteiger partial charge in [-0.25, -0.2) is 14.6 Å². The summed E-state index contributed by atoms with van der Waals surface area (Å²) in [4.78, 5) is 56.3. The van der Waals surface area contributed by atoms with Crippen LogP contribution in [-0.2, 0) is 18.6 Å². The Bertz CT molecular complexity index is 1380. The number of carbonyl (C=O) groups is 3. The van der Waals surface area contributed by atoms with Gasteiger partial charge in [-0.15, -0.1) is 11.3 Å². The van der Waals surface area contributed by atoms with Crippen molar-refractivity contribution < 1.29 is 33.1 Å². The number of benzene rings is 2. The fourth-order valence-corrected chi connectivity index (χ4v) is 6.37. The predicted octanol–water partition coefficient (Wildman–Crippen LogP) is 4.15. The van der Waals surface area contributed by atoms with E-state index in [2.05, 4.69) is 15.6 Å². The third-order valence-corrected chi connectivity index (χ3v) is 8.82. The minimum absolute atomic E-state index is 0.00434. The van der Waals surface area contributed by atoms with Crippen LogP contribution in [0.2, 0.25) is 0 Å². The number of nitrogens with one attached hydrogen (secondary N) is 2. The van der Waals surface area contributed by atoms with Crippen molar-refractivity contribution in [3.8, 4) is 21.0 Å². The Balaban J connectivity index is 1.61. The molecule has 0 spiro atoms. The Kier molecular flexibility index (Phi) is 10.8. The number of hydrogen-bond acceptors (Lipinski definition) is 9. The Labute approximate surface area is 242 Å². The van der Waals surface area contributed by atoms with E-state index < -0.39 is 37.8 Å². The summed E-state index contributed by atoms with van der Waals surface area (Å²) in [7, 11) is -4.34. The van der Waals surface area contributed by atoms with Crippen LogP contribution < -0.4 is 10.6 Å². The lowest BCUT2D eigenvalue weighted by Crippen LogP contribution is -2.50. The first-order chi connectivity index (χ1) is 19.8. The first-order valence-electron chi connectivity index (χ1n) is 13.4. The molecule has 11 nitrogen and oxygen atoms in total. The number of piperazine rings is 1. The average Bonchev–Trinajstić information content (AvgIpc) is 3.44. The van der Waals surface area contributed by atoms with E-state index in [0.29, 0.717) is 42.5 Å².